The molecule has 1 unspecified atom stereocenters. The molecule has 5 heteroatoms. The maximum atomic E-state index is 4.30. The van der Waals surface area contributed by atoms with Crippen molar-refractivity contribution in [2.75, 3.05) is 14.1 Å². The summed E-state index contributed by atoms with van der Waals surface area (Å²) in [7, 11) is 6.13. The van der Waals surface area contributed by atoms with E-state index in [4.69, 9.17) is 0 Å². The Balaban J connectivity index is 2.17. The lowest BCUT2D eigenvalue weighted by molar-refractivity contribution is 0.344. The van der Waals surface area contributed by atoms with Crippen LogP contribution in [0.4, 0.5) is 0 Å². The molecular weight excluding hydrogens is 316 g/mol. The molecule has 0 aliphatic carbocycles. The minimum Gasteiger partial charge on any atom is -0.361 e. The van der Waals surface area contributed by atoms with Gasteiger partial charge in [-0.2, -0.15) is 5.10 Å². The average molecular weight is 333 g/mol. The summed E-state index contributed by atoms with van der Waals surface area (Å²) >= 11 is 3.55. The summed E-state index contributed by atoms with van der Waals surface area (Å²) in [4.78, 5) is 5.56. The van der Waals surface area contributed by atoms with Gasteiger partial charge in [-0.1, -0.05) is 15.9 Å². The highest BCUT2D eigenvalue weighted by atomic mass is 79.9. The lowest BCUT2D eigenvalue weighted by atomic mass is 10.00. The van der Waals surface area contributed by atoms with Crippen molar-refractivity contribution in [2.45, 2.75) is 6.04 Å². The number of halogens is 1. The minimum absolute atomic E-state index is 0.187. The fraction of sp³-hybridized carbons (Fsp3) is 0.267. The molecule has 1 aromatic carbocycles. The summed E-state index contributed by atoms with van der Waals surface area (Å²) in [6.07, 6.45) is 6.09. The summed E-state index contributed by atoms with van der Waals surface area (Å²) in [5.74, 6) is 0. The van der Waals surface area contributed by atoms with Crippen LogP contribution >= 0.6 is 15.9 Å². The molecule has 0 fully saturated rings. The molecule has 0 amide bonds. The van der Waals surface area contributed by atoms with Gasteiger partial charge in [0.1, 0.15) is 0 Å². The van der Waals surface area contributed by atoms with Crippen molar-refractivity contribution >= 4 is 26.8 Å². The molecule has 0 saturated heterocycles. The van der Waals surface area contributed by atoms with E-state index in [1.54, 1.807) is 0 Å². The van der Waals surface area contributed by atoms with E-state index < -0.39 is 0 Å². The van der Waals surface area contributed by atoms with Gasteiger partial charge in [-0.25, -0.2) is 0 Å². The molecule has 4 nitrogen and oxygen atoms in total. The summed E-state index contributed by atoms with van der Waals surface area (Å²) in [5, 5.41) is 5.54. The van der Waals surface area contributed by atoms with Crippen LogP contribution in [-0.4, -0.2) is 33.8 Å². The third-order valence-corrected chi connectivity index (χ3v) is 4.02. The Labute approximate surface area is 126 Å². The van der Waals surface area contributed by atoms with Gasteiger partial charge in [-0.15, -0.1) is 0 Å². The number of nitrogens with one attached hydrogen (secondary N) is 1. The first kappa shape index (κ1) is 13.4. The van der Waals surface area contributed by atoms with Gasteiger partial charge in [-0.3, -0.25) is 9.58 Å². The quantitative estimate of drug-likeness (QED) is 0.798. The van der Waals surface area contributed by atoms with E-state index in [-0.39, 0.29) is 6.04 Å². The number of H-pyrrole nitrogens is 1. The Morgan fingerprint density at radius 2 is 2.15 bits per heavy atom. The van der Waals surface area contributed by atoms with Crippen molar-refractivity contribution in [1.82, 2.24) is 19.7 Å². The zero-order valence-electron chi connectivity index (χ0n) is 11.8. The smallest absolute Gasteiger partial charge is 0.0649 e. The molecule has 1 atom stereocenters. The molecule has 0 aliphatic rings. The van der Waals surface area contributed by atoms with Crippen molar-refractivity contribution in [3.63, 3.8) is 0 Å². The molecule has 0 spiro atoms. The molecule has 0 saturated carbocycles. The fourth-order valence-corrected chi connectivity index (χ4v) is 3.04. The van der Waals surface area contributed by atoms with E-state index in [2.05, 4.69) is 75.6 Å². The molecule has 3 rings (SSSR count). The molecule has 20 heavy (non-hydrogen) atoms. The van der Waals surface area contributed by atoms with Crippen LogP contribution in [-0.2, 0) is 7.05 Å². The molecule has 3 aromatic rings. The van der Waals surface area contributed by atoms with Gasteiger partial charge in [0, 0.05) is 40.4 Å². The largest absolute Gasteiger partial charge is 0.361 e. The number of nitrogens with zero attached hydrogens (tertiary/aromatic N) is 3. The zero-order chi connectivity index (χ0) is 14.3. The van der Waals surface area contributed by atoms with Crippen LogP contribution in [0.2, 0.25) is 0 Å². The lowest BCUT2D eigenvalue weighted by Gasteiger charge is -2.23. The molecule has 0 aliphatic heterocycles. The van der Waals surface area contributed by atoms with Crippen LogP contribution in [0.1, 0.15) is 17.2 Å². The van der Waals surface area contributed by atoms with Crippen LogP contribution in [0.5, 0.6) is 0 Å². The number of aromatic amines is 1. The molecular formula is C15H17BrN4. The Morgan fingerprint density at radius 3 is 2.80 bits per heavy atom. The van der Waals surface area contributed by atoms with Crippen molar-refractivity contribution < 1.29 is 0 Å². The lowest BCUT2D eigenvalue weighted by Crippen LogP contribution is -2.20. The van der Waals surface area contributed by atoms with Crippen LogP contribution in [0.25, 0.3) is 10.9 Å². The fourth-order valence-electron chi connectivity index (χ4n) is 2.68. The first-order valence-electron chi connectivity index (χ1n) is 6.48. The van der Waals surface area contributed by atoms with Gasteiger partial charge in [0.15, 0.2) is 0 Å². The third-order valence-electron chi connectivity index (χ3n) is 3.53. The van der Waals surface area contributed by atoms with Crippen LogP contribution in [0.3, 0.4) is 0 Å². The van der Waals surface area contributed by atoms with Crippen molar-refractivity contribution in [3.8, 4) is 0 Å². The van der Waals surface area contributed by atoms with Gasteiger partial charge in [0.2, 0.25) is 0 Å². The Morgan fingerprint density at radius 1 is 1.35 bits per heavy atom. The van der Waals surface area contributed by atoms with Gasteiger partial charge >= 0.3 is 0 Å². The number of aromatic nitrogens is 3. The first-order valence-corrected chi connectivity index (χ1v) is 7.27. The molecule has 104 valence electrons. The van der Waals surface area contributed by atoms with Gasteiger partial charge in [0.05, 0.1) is 12.2 Å². The second-order valence-corrected chi connectivity index (χ2v) is 6.16. The van der Waals surface area contributed by atoms with Gasteiger partial charge in [0.25, 0.3) is 0 Å². The van der Waals surface area contributed by atoms with Crippen molar-refractivity contribution in [2.24, 2.45) is 7.05 Å². The highest BCUT2D eigenvalue weighted by Crippen LogP contribution is 2.33. The number of aryl methyl sites for hydroxylation is 1. The second-order valence-electron chi connectivity index (χ2n) is 5.25. The average Bonchev–Trinajstić information content (AvgIpc) is 2.97. The Bertz CT molecular complexity index is 741. The summed E-state index contributed by atoms with van der Waals surface area (Å²) < 4.78 is 2.94. The normalized spacial score (nSPS) is 13.2. The predicted octanol–water partition coefficient (Wildman–Crippen LogP) is 3.31. The topological polar surface area (TPSA) is 36.9 Å². The maximum absolute atomic E-state index is 4.30. The van der Waals surface area contributed by atoms with E-state index in [0.29, 0.717) is 0 Å². The highest BCUT2D eigenvalue weighted by Gasteiger charge is 2.21. The predicted molar refractivity (Wildman–Crippen MR) is 84.7 cm³/mol. The van der Waals surface area contributed by atoms with E-state index in [1.807, 2.05) is 17.9 Å². The van der Waals surface area contributed by atoms with E-state index in [1.165, 1.54) is 16.5 Å². The Kier molecular flexibility index (Phi) is 3.40. The van der Waals surface area contributed by atoms with Crippen molar-refractivity contribution in [1.29, 1.82) is 0 Å². The number of benzene rings is 1. The van der Waals surface area contributed by atoms with Gasteiger partial charge in [-0.05, 0) is 37.9 Å². The number of hydrogen-bond acceptors (Lipinski definition) is 2. The zero-order valence-corrected chi connectivity index (χ0v) is 13.3. The first-order chi connectivity index (χ1) is 9.56. The standard InChI is InChI=1S/C15H17BrN4/c1-19(2)15(10-7-18-20(3)9-10)13-8-17-14-5-4-11(16)6-12(13)14/h4-9,15,17H,1-3H3. The molecule has 0 radical (unpaired) electrons. The molecule has 2 aromatic heterocycles. The number of rotatable bonds is 3. The number of fused-ring (bicyclic) bond motifs is 1. The summed E-state index contributed by atoms with van der Waals surface area (Å²) in [5.41, 5.74) is 3.61. The van der Waals surface area contributed by atoms with Crippen LogP contribution in [0.15, 0.2) is 41.3 Å². The Hall–Kier alpha value is -1.59. The molecule has 1 N–H and O–H groups in total. The van der Waals surface area contributed by atoms with Crippen LogP contribution < -0.4 is 0 Å². The molecule has 0 bridgehead atoms. The SMILES string of the molecule is CN(C)C(c1cnn(C)c1)c1c[nH]c2ccc(Br)cc12. The maximum Gasteiger partial charge on any atom is 0.0649 e. The van der Waals surface area contributed by atoms with E-state index in [0.717, 1.165) is 9.99 Å². The molecule has 2 heterocycles. The van der Waals surface area contributed by atoms with Crippen molar-refractivity contribution in [3.05, 3.63) is 52.4 Å². The summed E-state index contributed by atoms with van der Waals surface area (Å²) in [6.45, 7) is 0. The summed E-state index contributed by atoms with van der Waals surface area (Å²) in [6, 6.07) is 6.50. The van der Waals surface area contributed by atoms with Crippen LogP contribution in [0, 0.1) is 0 Å². The monoisotopic (exact) mass is 332 g/mol. The third kappa shape index (κ3) is 2.27. The van der Waals surface area contributed by atoms with Gasteiger partial charge < -0.3 is 4.98 Å². The van der Waals surface area contributed by atoms with E-state index in [9.17, 15) is 0 Å². The minimum atomic E-state index is 0.187. The van der Waals surface area contributed by atoms with E-state index >= 15 is 0 Å². The number of hydrogen-bond donors (Lipinski definition) is 1. The second kappa shape index (κ2) is 5.07. The highest BCUT2D eigenvalue weighted by molar-refractivity contribution is 9.10.